The van der Waals surface area contributed by atoms with Gasteiger partial charge in [-0.05, 0) is 104 Å². The van der Waals surface area contributed by atoms with Gasteiger partial charge in [-0.1, -0.05) is 172 Å². The molecule has 3 aromatic heterocycles. The van der Waals surface area contributed by atoms with Crippen LogP contribution in [0.25, 0.3) is 98.8 Å². The van der Waals surface area contributed by atoms with E-state index in [9.17, 15) is 0 Å². The molecule has 1 aliphatic carbocycles. The van der Waals surface area contributed by atoms with Crippen molar-refractivity contribution in [3.8, 4) is 33.4 Å². The first-order valence-electron chi connectivity index (χ1n) is 22.3. The van der Waals surface area contributed by atoms with Crippen LogP contribution in [-0.4, -0.2) is 8.80 Å². The zero-order valence-corrected chi connectivity index (χ0v) is 35.5. The first kappa shape index (κ1) is 35.5. The number of benzene rings is 10. The van der Waals surface area contributed by atoms with Crippen molar-refractivity contribution in [2.45, 2.75) is 19.3 Å². The lowest BCUT2D eigenvalue weighted by molar-refractivity contribution is 0.660. The Balaban J connectivity index is 0.866. The molecule has 10 aromatic carbocycles. The number of fused-ring (bicyclic) bond motifs is 13. The molecule has 13 aromatic rings. The van der Waals surface area contributed by atoms with Crippen molar-refractivity contribution in [2.75, 3.05) is 4.90 Å². The predicted molar refractivity (Wildman–Crippen MR) is 270 cm³/mol. The predicted octanol–water partition coefficient (Wildman–Crippen LogP) is 16.5. The lowest BCUT2D eigenvalue weighted by Crippen LogP contribution is -2.15. The number of aromatic nitrogens is 2. The van der Waals surface area contributed by atoms with Crippen molar-refractivity contribution in [3.63, 3.8) is 0 Å². The fourth-order valence-electron chi connectivity index (χ4n) is 11.4. The van der Waals surface area contributed by atoms with E-state index in [2.05, 4.69) is 240 Å². The summed E-state index contributed by atoms with van der Waals surface area (Å²) < 4.78 is 4.99. The Morgan fingerprint density at radius 3 is 1.59 bits per heavy atom. The van der Waals surface area contributed by atoms with Gasteiger partial charge in [-0.15, -0.1) is 0 Å². The maximum Gasteiger partial charge on any atom is 0.0789 e. The minimum atomic E-state index is -0.0483. The topological polar surface area (TPSA) is 12.1 Å². The van der Waals surface area contributed by atoms with Crippen LogP contribution in [0.3, 0.4) is 0 Å². The smallest absolute Gasteiger partial charge is 0.0789 e. The van der Waals surface area contributed by atoms with Crippen molar-refractivity contribution in [1.29, 1.82) is 0 Å². The Hall–Kier alpha value is -8.14. The minimum absolute atomic E-state index is 0.0483. The Labute approximate surface area is 370 Å². The molecule has 0 atom stereocenters. The number of anilines is 3. The summed E-state index contributed by atoms with van der Waals surface area (Å²) >= 11 is 0. The maximum absolute atomic E-state index is 2.50. The number of nitrogens with zero attached hydrogens (tertiary/aromatic N) is 3. The molecule has 0 fully saturated rings. The third kappa shape index (κ3) is 4.81. The number of para-hydroxylation sites is 2. The van der Waals surface area contributed by atoms with E-state index in [1.54, 1.807) is 0 Å². The van der Waals surface area contributed by atoms with Gasteiger partial charge in [0.25, 0.3) is 0 Å². The summed E-state index contributed by atoms with van der Waals surface area (Å²) in [5.41, 5.74) is 21.0. The average molecular weight is 816 g/mol. The molecule has 0 N–H and O–H groups in total. The molecule has 0 saturated carbocycles. The summed E-state index contributed by atoms with van der Waals surface area (Å²) in [5.74, 6) is 0. The maximum atomic E-state index is 2.50. The fourth-order valence-corrected chi connectivity index (χ4v) is 11.4. The van der Waals surface area contributed by atoms with Crippen LogP contribution in [0.1, 0.15) is 25.0 Å². The third-order valence-electron chi connectivity index (χ3n) is 14.4. The second-order valence-corrected chi connectivity index (χ2v) is 18.1. The molecule has 0 amide bonds. The van der Waals surface area contributed by atoms with Crippen molar-refractivity contribution >= 4 is 82.5 Å². The molecule has 300 valence electrons. The third-order valence-corrected chi connectivity index (χ3v) is 14.4. The van der Waals surface area contributed by atoms with Crippen molar-refractivity contribution in [3.05, 3.63) is 223 Å². The van der Waals surface area contributed by atoms with E-state index in [0.717, 1.165) is 17.1 Å². The van der Waals surface area contributed by atoms with Crippen LogP contribution in [-0.2, 0) is 5.41 Å². The average Bonchev–Trinajstić information content (AvgIpc) is 3.95. The Morgan fingerprint density at radius 2 is 0.875 bits per heavy atom. The van der Waals surface area contributed by atoms with E-state index in [4.69, 9.17) is 0 Å². The molecule has 0 saturated heterocycles. The van der Waals surface area contributed by atoms with Crippen LogP contribution >= 0.6 is 0 Å². The standard InChI is InChI=1S/C61H41N3/c1-61(2)52-18-8-5-15-46(52)51-37-44(31-34-53(51)61)62(54-21-11-13-41-12-3-4-14-45(41)54)43-29-26-39(27-30-43)38-22-24-40(25-23-38)42-28-35-57-58(36-42)64-56-20-10-7-17-48(56)50-33-32-49-47-16-6-9-19-55(47)63(57)59(49)60(50)64/h3-37H,1-2H3. The molecule has 3 nitrogen and oxygen atoms in total. The van der Waals surface area contributed by atoms with Gasteiger partial charge in [-0.2, -0.15) is 0 Å². The molecule has 1 aliphatic rings. The van der Waals surface area contributed by atoms with E-state index >= 15 is 0 Å². The molecule has 3 heterocycles. The van der Waals surface area contributed by atoms with Crippen LogP contribution < -0.4 is 4.90 Å². The van der Waals surface area contributed by atoms with Gasteiger partial charge in [0, 0.05) is 43.7 Å². The molecule has 3 heteroatoms. The highest BCUT2D eigenvalue weighted by Gasteiger charge is 2.35. The fraction of sp³-hybridized carbons (Fsp3) is 0.0492. The molecule has 0 radical (unpaired) electrons. The van der Waals surface area contributed by atoms with Gasteiger partial charge in [0.1, 0.15) is 0 Å². The first-order chi connectivity index (χ1) is 31.5. The second-order valence-electron chi connectivity index (χ2n) is 18.1. The number of rotatable bonds is 5. The molecule has 0 aliphatic heterocycles. The van der Waals surface area contributed by atoms with E-state index in [0.29, 0.717) is 0 Å². The summed E-state index contributed by atoms with van der Waals surface area (Å²) in [6.07, 6.45) is 0. The minimum Gasteiger partial charge on any atom is -0.310 e. The molecule has 64 heavy (non-hydrogen) atoms. The quantitative estimate of drug-likeness (QED) is 0.158. The molecular formula is C61H41N3. The monoisotopic (exact) mass is 815 g/mol. The number of hydrogen-bond donors (Lipinski definition) is 0. The highest BCUT2D eigenvalue weighted by atomic mass is 15.1. The highest BCUT2D eigenvalue weighted by Crippen LogP contribution is 2.51. The zero-order chi connectivity index (χ0) is 42.3. The summed E-state index contributed by atoms with van der Waals surface area (Å²) in [4.78, 5) is 2.43. The lowest BCUT2D eigenvalue weighted by Gasteiger charge is -2.28. The van der Waals surface area contributed by atoms with Crippen LogP contribution in [0.4, 0.5) is 17.1 Å². The van der Waals surface area contributed by atoms with Gasteiger partial charge in [-0.25, -0.2) is 0 Å². The van der Waals surface area contributed by atoms with Crippen molar-refractivity contribution in [1.82, 2.24) is 8.80 Å². The molecule has 0 spiro atoms. The second kappa shape index (κ2) is 12.9. The highest BCUT2D eigenvalue weighted by molar-refractivity contribution is 6.25. The molecule has 14 rings (SSSR count). The van der Waals surface area contributed by atoms with E-state index in [-0.39, 0.29) is 5.41 Å². The zero-order valence-electron chi connectivity index (χ0n) is 35.5. The molecule has 0 unspecified atom stereocenters. The summed E-state index contributed by atoms with van der Waals surface area (Å²) in [6.45, 7) is 4.69. The van der Waals surface area contributed by atoms with Gasteiger partial charge in [-0.3, -0.25) is 0 Å². The van der Waals surface area contributed by atoms with Gasteiger partial charge in [0.15, 0.2) is 0 Å². The first-order valence-corrected chi connectivity index (χ1v) is 22.3. The Kier molecular flexibility index (Phi) is 7.17. The lowest BCUT2D eigenvalue weighted by atomic mass is 9.82. The number of hydrogen-bond acceptors (Lipinski definition) is 1. The van der Waals surface area contributed by atoms with Gasteiger partial charge >= 0.3 is 0 Å². The Morgan fingerprint density at radius 1 is 0.344 bits per heavy atom. The van der Waals surface area contributed by atoms with E-state index < -0.39 is 0 Å². The van der Waals surface area contributed by atoms with Crippen molar-refractivity contribution in [2.24, 2.45) is 0 Å². The van der Waals surface area contributed by atoms with E-state index in [1.807, 2.05) is 0 Å². The summed E-state index contributed by atoms with van der Waals surface area (Å²) in [7, 11) is 0. The molecular weight excluding hydrogens is 775 g/mol. The molecule has 0 bridgehead atoms. The summed E-state index contributed by atoms with van der Waals surface area (Å²) in [5, 5.41) is 7.61. The van der Waals surface area contributed by atoms with Gasteiger partial charge in [0.05, 0.1) is 38.8 Å². The van der Waals surface area contributed by atoms with Crippen LogP contribution in [0.2, 0.25) is 0 Å². The normalized spacial score (nSPS) is 13.3. The van der Waals surface area contributed by atoms with E-state index in [1.165, 1.54) is 110 Å². The largest absolute Gasteiger partial charge is 0.310 e. The van der Waals surface area contributed by atoms with Crippen LogP contribution in [0.15, 0.2) is 212 Å². The summed E-state index contributed by atoms with van der Waals surface area (Å²) in [6, 6.07) is 78.8. The van der Waals surface area contributed by atoms with Crippen LogP contribution in [0.5, 0.6) is 0 Å². The Bertz CT molecular complexity index is 4030. The van der Waals surface area contributed by atoms with Gasteiger partial charge in [0.2, 0.25) is 0 Å². The van der Waals surface area contributed by atoms with Gasteiger partial charge < -0.3 is 13.7 Å². The SMILES string of the molecule is CC1(C)c2ccccc2-c2cc(N(c3ccc(-c4ccc(-c5ccc6c(c5)n5c7ccccc7c7ccc8c9ccccc9n6c8c75)cc4)cc3)c3cccc4ccccc34)ccc21. The van der Waals surface area contributed by atoms with Crippen LogP contribution in [0, 0.1) is 0 Å². The van der Waals surface area contributed by atoms with Crippen molar-refractivity contribution < 1.29 is 0 Å².